The number of hydrogen-bond donors (Lipinski definition) is 1. The molecule has 0 radical (unpaired) electrons. The molecule has 0 aliphatic carbocycles. The lowest BCUT2D eigenvalue weighted by Gasteiger charge is -2.21. The minimum absolute atomic E-state index is 0.00973. The van der Waals surface area contributed by atoms with E-state index in [-0.39, 0.29) is 35.9 Å². The van der Waals surface area contributed by atoms with Crippen LogP contribution in [0.15, 0.2) is 53.1 Å². The summed E-state index contributed by atoms with van der Waals surface area (Å²) in [6.45, 7) is 1.96. The van der Waals surface area contributed by atoms with Gasteiger partial charge in [0, 0.05) is 12.1 Å². The molecule has 1 atom stereocenters. The molecule has 3 heterocycles. The molecule has 0 saturated carbocycles. The molecule has 0 bridgehead atoms. The first-order valence-corrected chi connectivity index (χ1v) is 11.2. The third-order valence-electron chi connectivity index (χ3n) is 5.80. The Balaban J connectivity index is 1.29. The van der Waals surface area contributed by atoms with E-state index < -0.39 is 17.8 Å². The molecule has 2 aromatic heterocycles. The normalized spacial score (nSPS) is 15.3. The van der Waals surface area contributed by atoms with E-state index >= 15 is 0 Å². The van der Waals surface area contributed by atoms with Crippen LogP contribution in [0.25, 0.3) is 22.7 Å². The minimum Gasteiger partial charge on any atom is -0.483 e. The highest BCUT2D eigenvalue weighted by Crippen LogP contribution is 2.29. The summed E-state index contributed by atoms with van der Waals surface area (Å²) < 4.78 is 30.7. The van der Waals surface area contributed by atoms with Crippen molar-refractivity contribution < 1.29 is 33.0 Å². The Morgan fingerprint density at radius 2 is 2.03 bits per heavy atom. The highest BCUT2D eigenvalue weighted by atomic mass is 19.1. The highest BCUT2D eigenvalue weighted by Gasteiger charge is 2.34. The summed E-state index contributed by atoms with van der Waals surface area (Å²) >= 11 is 0. The number of carbonyl (C=O) groups excluding carboxylic acids is 1. The van der Waals surface area contributed by atoms with Crippen LogP contribution in [-0.2, 0) is 9.59 Å². The van der Waals surface area contributed by atoms with E-state index in [1.54, 1.807) is 30.3 Å². The maximum Gasteiger partial charge on any atom is 0.326 e. The van der Waals surface area contributed by atoms with Crippen molar-refractivity contribution in [2.24, 2.45) is 0 Å². The monoisotopic (exact) mass is 492 g/mol. The number of aromatic nitrogens is 3. The van der Waals surface area contributed by atoms with Crippen LogP contribution in [0.5, 0.6) is 17.5 Å². The molecule has 5 rings (SSSR count). The molecule has 1 saturated heterocycles. The van der Waals surface area contributed by atoms with Crippen molar-refractivity contribution in [3.8, 4) is 29.0 Å². The smallest absolute Gasteiger partial charge is 0.326 e. The number of halogens is 1. The maximum absolute atomic E-state index is 13.8. The Hall–Kier alpha value is -4.54. The van der Waals surface area contributed by atoms with Gasteiger partial charge in [-0.2, -0.15) is 4.98 Å². The van der Waals surface area contributed by atoms with Crippen molar-refractivity contribution in [2.75, 3.05) is 13.2 Å². The average molecular weight is 492 g/mol. The number of para-hydroxylation sites is 1. The van der Waals surface area contributed by atoms with Crippen molar-refractivity contribution in [2.45, 2.75) is 25.8 Å². The fraction of sp³-hybridized carbons (Fsp3) is 0.240. The SMILES string of the molecule is Cc1cc(-c2nc3cnc(Oc4ccccc4F)nc3o2)ccc1OCC(=O)N1CCCC1C(=O)O. The van der Waals surface area contributed by atoms with E-state index in [4.69, 9.17) is 13.9 Å². The number of rotatable bonds is 7. The summed E-state index contributed by atoms with van der Waals surface area (Å²) in [6, 6.07) is 10.2. The molecule has 2 aromatic carbocycles. The summed E-state index contributed by atoms with van der Waals surface area (Å²) in [5.74, 6) is -1.15. The Bertz CT molecular complexity index is 1460. The molecule has 1 aliphatic heterocycles. The summed E-state index contributed by atoms with van der Waals surface area (Å²) in [7, 11) is 0. The van der Waals surface area contributed by atoms with Gasteiger partial charge in [0.2, 0.25) is 5.89 Å². The first-order chi connectivity index (χ1) is 17.4. The van der Waals surface area contributed by atoms with Crippen molar-refractivity contribution in [3.05, 3.63) is 60.0 Å². The van der Waals surface area contributed by atoms with Crippen LogP contribution >= 0.6 is 0 Å². The maximum atomic E-state index is 13.8. The quantitative estimate of drug-likeness (QED) is 0.407. The van der Waals surface area contributed by atoms with E-state index in [1.165, 1.54) is 23.2 Å². The van der Waals surface area contributed by atoms with E-state index in [9.17, 15) is 19.1 Å². The van der Waals surface area contributed by atoms with Crippen LogP contribution in [0.1, 0.15) is 18.4 Å². The molecule has 1 amide bonds. The predicted molar refractivity (Wildman–Crippen MR) is 124 cm³/mol. The second kappa shape index (κ2) is 9.61. The van der Waals surface area contributed by atoms with Crippen LogP contribution in [0.2, 0.25) is 0 Å². The molecular formula is C25H21FN4O6. The number of amides is 1. The molecule has 1 unspecified atom stereocenters. The lowest BCUT2D eigenvalue weighted by molar-refractivity contribution is -0.148. The number of aryl methyl sites for hydroxylation is 1. The van der Waals surface area contributed by atoms with Crippen molar-refractivity contribution >= 4 is 23.1 Å². The molecule has 10 nitrogen and oxygen atoms in total. The Morgan fingerprint density at radius 1 is 1.19 bits per heavy atom. The van der Waals surface area contributed by atoms with Gasteiger partial charge in [0.15, 0.2) is 18.2 Å². The summed E-state index contributed by atoms with van der Waals surface area (Å²) in [5.41, 5.74) is 1.95. The fourth-order valence-electron chi connectivity index (χ4n) is 4.01. The number of fused-ring (bicyclic) bond motifs is 1. The Morgan fingerprint density at radius 3 is 2.81 bits per heavy atom. The van der Waals surface area contributed by atoms with Gasteiger partial charge in [0.1, 0.15) is 17.3 Å². The van der Waals surface area contributed by atoms with Crippen LogP contribution in [0.3, 0.4) is 0 Å². The number of ether oxygens (including phenoxy) is 2. The van der Waals surface area contributed by atoms with E-state index in [0.29, 0.717) is 36.2 Å². The number of aliphatic carboxylic acids is 1. The first kappa shape index (κ1) is 23.2. The van der Waals surface area contributed by atoms with Gasteiger partial charge in [-0.25, -0.2) is 19.2 Å². The van der Waals surface area contributed by atoms with Gasteiger partial charge in [0.25, 0.3) is 11.6 Å². The van der Waals surface area contributed by atoms with Gasteiger partial charge < -0.3 is 23.9 Å². The third-order valence-corrected chi connectivity index (χ3v) is 5.80. The molecule has 0 spiro atoms. The number of carboxylic acid groups (broad SMARTS) is 1. The Kier molecular flexibility index (Phi) is 6.19. The third kappa shape index (κ3) is 4.67. The topological polar surface area (TPSA) is 128 Å². The summed E-state index contributed by atoms with van der Waals surface area (Å²) in [6.07, 6.45) is 2.52. The zero-order valence-electron chi connectivity index (χ0n) is 19.2. The van der Waals surface area contributed by atoms with Crippen LogP contribution in [0.4, 0.5) is 4.39 Å². The van der Waals surface area contributed by atoms with Gasteiger partial charge in [-0.1, -0.05) is 12.1 Å². The summed E-state index contributed by atoms with van der Waals surface area (Å²) in [4.78, 5) is 37.7. The minimum atomic E-state index is -1.00. The van der Waals surface area contributed by atoms with E-state index in [1.807, 2.05) is 6.92 Å². The van der Waals surface area contributed by atoms with Gasteiger partial charge in [-0.3, -0.25) is 4.79 Å². The standard InChI is InChI=1S/C25H21FN4O6/c1-14-11-15(8-9-19(14)34-13-21(31)30-10-4-6-18(30)24(32)33)22-28-17-12-27-25(29-23(17)36-22)35-20-7-3-2-5-16(20)26/h2-3,5,7-9,11-12,18H,4,6,10,13H2,1H3,(H,32,33). The van der Waals surface area contributed by atoms with E-state index in [2.05, 4.69) is 15.0 Å². The number of nitrogens with zero attached hydrogens (tertiary/aromatic N) is 4. The molecule has 36 heavy (non-hydrogen) atoms. The number of benzene rings is 2. The fourth-order valence-corrected chi connectivity index (χ4v) is 4.01. The number of carboxylic acids is 1. The zero-order chi connectivity index (χ0) is 25.2. The number of oxazole rings is 1. The van der Waals surface area contributed by atoms with Gasteiger partial charge in [-0.05, 0) is 55.7 Å². The van der Waals surface area contributed by atoms with Crippen molar-refractivity contribution in [1.82, 2.24) is 19.9 Å². The molecule has 1 aliphatic rings. The second-order valence-corrected chi connectivity index (χ2v) is 8.25. The molecule has 4 aromatic rings. The number of carbonyl (C=O) groups is 2. The average Bonchev–Trinajstić information content (AvgIpc) is 3.52. The highest BCUT2D eigenvalue weighted by molar-refractivity contribution is 5.85. The predicted octanol–water partition coefficient (Wildman–Crippen LogP) is 3.98. The lowest BCUT2D eigenvalue weighted by atomic mass is 10.1. The Labute approximate surface area is 204 Å². The molecule has 1 fully saturated rings. The van der Waals surface area contributed by atoms with Gasteiger partial charge in [-0.15, -0.1) is 0 Å². The van der Waals surface area contributed by atoms with Gasteiger partial charge in [0.05, 0.1) is 6.20 Å². The van der Waals surface area contributed by atoms with Crippen molar-refractivity contribution in [3.63, 3.8) is 0 Å². The van der Waals surface area contributed by atoms with Crippen LogP contribution in [-0.4, -0.2) is 56.0 Å². The lowest BCUT2D eigenvalue weighted by Crippen LogP contribution is -2.42. The molecule has 11 heteroatoms. The zero-order valence-corrected chi connectivity index (χ0v) is 19.2. The molecular weight excluding hydrogens is 471 g/mol. The number of likely N-dealkylation sites (tertiary alicyclic amines) is 1. The summed E-state index contributed by atoms with van der Waals surface area (Å²) in [5, 5.41) is 9.27. The molecule has 184 valence electrons. The van der Waals surface area contributed by atoms with Crippen LogP contribution < -0.4 is 9.47 Å². The van der Waals surface area contributed by atoms with E-state index in [0.717, 1.165) is 5.56 Å². The largest absolute Gasteiger partial charge is 0.483 e. The van der Waals surface area contributed by atoms with Gasteiger partial charge >= 0.3 is 12.0 Å². The van der Waals surface area contributed by atoms with Crippen molar-refractivity contribution in [1.29, 1.82) is 0 Å². The second-order valence-electron chi connectivity index (χ2n) is 8.25. The first-order valence-electron chi connectivity index (χ1n) is 11.2. The molecule has 1 N–H and O–H groups in total. The van der Waals surface area contributed by atoms with Crippen LogP contribution in [0, 0.1) is 12.7 Å². The number of hydrogen-bond acceptors (Lipinski definition) is 8.